The normalized spacial score (nSPS) is 21.2. The maximum absolute atomic E-state index is 14.6. The fourth-order valence-electron chi connectivity index (χ4n) is 5.12. The van der Waals surface area contributed by atoms with Gasteiger partial charge in [0.15, 0.2) is 30.5 Å². The predicted octanol–water partition coefficient (Wildman–Crippen LogP) is 2.47. The molecule has 0 spiro atoms. The number of methoxy groups -OCH3 is 1. The molecule has 272 valence electrons. The summed E-state index contributed by atoms with van der Waals surface area (Å²) in [6.07, 6.45) is -7.93. The summed E-state index contributed by atoms with van der Waals surface area (Å²) in [6.45, 7) is -0.124. The fraction of sp³-hybridized carbons (Fsp3) is 0.438. The minimum atomic E-state index is -2.68. The lowest BCUT2D eigenvalue weighted by Crippen LogP contribution is -2.69. The zero-order valence-corrected chi connectivity index (χ0v) is 27.9. The third-order valence-electron chi connectivity index (χ3n) is 7.19. The number of hydrogen-bond donors (Lipinski definition) is 2. The van der Waals surface area contributed by atoms with Crippen molar-refractivity contribution in [1.29, 1.82) is 0 Å². The standard InChI is InChI=1S/C32H34ClF3N2O12/c1-16(39)47-23-12-32(31(44)45-4,46-15-20-6-5-7-22(35)26(20)36)50-29(27(23)38-25(42)13-34)28(49-18(3)41)24(48-17(2)40)14-37-30(43)19-8-10-21(33)11-9-19/h5-11,23-24,27-29H,12-15H2,1-4H3,(H,37,43)(H,38,42)/t23-,24+,27+,28+,29+,32+/m0/s1. The van der Waals surface area contributed by atoms with Crippen LogP contribution in [0.5, 0.6) is 0 Å². The minimum absolute atomic E-state index is 0.125. The highest BCUT2D eigenvalue weighted by Gasteiger charge is 2.59. The first-order chi connectivity index (χ1) is 23.6. The van der Waals surface area contributed by atoms with E-state index < -0.39 is 110 Å². The number of hydrogen-bond acceptors (Lipinski definition) is 12. The van der Waals surface area contributed by atoms with Crippen molar-refractivity contribution in [1.82, 2.24) is 10.6 Å². The van der Waals surface area contributed by atoms with Crippen molar-refractivity contribution in [3.05, 3.63) is 70.2 Å². The number of halogens is 4. The Morgan fingerprint density at radius 3 is 2.22 bits per heavy atom. The average Bonchev–Trinajstić information content (AvgIpc) is 3.06. The average molecular weight is 731 g/mol. The summed E-state index contributed by atoms with van der Waals surface area (Å²) in [5.41, 5.74) is -0.260. The molecule has 0 radical (unpaired) electrons. The molecule has 1 aliphatic heterocycles. The molecule has 6 atom stereocenters. The van der Waals surface area contributed by atoms with Crippen molar-refractivity contribution < 1.29 is 70.4 Å². The van der Waals surface area contributed by atoms with Gasteiger partial charge in [-0.05, 0) is 30.3 Å². The lowest BCUT2D eigenvalue weighted by atomic mass is 9.87. The van der Waals surface area contributed by atoms with Crippen LogP contribution in [0.1, 0.15) is 43.1 Å². The molecular formula is C32H34ClF3N2O12. The smallest absolute Gasteiger partial charge is 0.366 e. The first kappa shape index (κ1) is 39.7. The lowest BCUT2D eigenvalue weighted by molar-refractivity contribution is -0.317. The summed E-state index contributed by atoms with van der Waals surface area (Å²) in [5.74, 6) is -11.5. The van der Waals surface area contributed by atoms with E-state index in [-0.39, 0.29) is 11.1 Å². The summed E-state index contributed by atoms with van der Waals surface area (Å²) in [7, 11) is 0.921. The molecule has 0 saturated carbocycles. The summed E-state index contributed by atoms with van der Waals surface area (Å²) in [4.78, 5) is 75.9. The van der Waals surface area contributed by atoms with Crippen LogP contribution in [0, 0.1) is 11.6 Å². The van der Waals surface area contributed by atoms with Gasteiger partial charge in [-0.1, -0.05) is 23.7 Å². The molecule has 0 aliphatic carbocycles. The Bertz CT molecular complexity index is 1580. The van der Waals surface area contributed by atoms with Crippen LogP contribution in [0.3, 0.4) is 0 Å². The van der Waals surface area contributed by atoms with Crippen LogP contribution in [0.25, 0.3) is 0 Å². The number of amides is 2. The fourth-order valence-corrected chi connectivity index (χ4v) is 5.24. The van der Waals surface area contributed by atoms with E-state index in [1.807, 2.05) is 0 Å². The first-order valence-electron chi connectivity index (χ1n) is 14.8. The second-order valence-corrected chi connectivity index (χ2v) is 11.3. The number of esters is 4. The molecule has 2 N–H and O–H groups in total. The summed E-state index contributed by atoms with van der Waals surface area (Å²) in [5, 5.41) is 5.09. The van der Waals surface area contributed by atoms with E-state index in [9.17, 15) is 41.9 Å². The van der Waals surface area contributed by atoms with Gasteiger partial charge in [-0.25, -0.2) is 18.0 Å². The van der Waals surface area contributed by atoms with Gasteiger partial charge in [0, 0.05) is 36.9 Å². The molecule has 18 heteroatoms. The summed E-state index contributed by atoms with van der Waals surface area (Å²) in [6, 6.07) is 7.13. The van der Waals surface area contributed by atoms with Crippen molar-refractivity contribution in [3.63, 3.8) is 0 Å². The molecule has 1 fully saturated rings. The molecule has 3 rings (SSSR count). The third-order valence-corrected chi connectivity index (χ3v) is 7.44. The Kier molecular flexibility index (Phi) is 14.1. The van der Waals surface area contributed by atoms with Crippen LogP contribution in [0.4, 0.5) is 13.2 Å². The van der Waals surface area contributed by atoms with Gasteiger partial charge < -0.3 is 39.1 Å². The Labute approximate surface area is 288 Å². The van der Waals surface area contributed by atoms with E-state index in [4.69, 9.17) is 40.0 Å². The van der Waals surface area contributed by atoms with Crippen molar-refractivity contribution >= 4 is 47.3 Å². The van der Waals surface area contributed by atoms with E-state index >= 15 is 0 Å². The molecule has 2 aromatic rings. The van der Waals surface area contributed by atoms with Gasteiger partial charge in [0.05, 0.1) is 32.7 Å². The van der Waals surface area contributed by atoms with Crippen LogP contribution in [-0.2, 0) is 59.0 Å². The van der Waals surface area contributed by atoms with E-state index in [1.165, 1.54) is 24.3 Å². The highest BCUT2D eigenvalue weighted by molar-refractivity contribution is 6.30. The number of ether oxygens (including phenoxy) is 6. The Morgan fingerprint density at radius 2 is 1.64 bits per heavy atom. The summed E-state index contributed by atoms with van der Waals surface area (Å²) < 4.78 is 75.2. The molecular weight excluding hydrogens is 697 g/mol. The number of benzene rings is 2. The number of nitrogens with one attached hydrogen (secondary N) is 2. The number of carbonyl (C=O) groups is 6. The Morgan fingerprint density at radius 1 is 0.980 bits per heavy atom. The highest BCUT2D eigenvalue weighted by Crippen LogP contribution is 2.38. The molecule has 2 amide bonds. The van der Waals surface area contributed by atoms with E-state index in [1.54, 1.807) is 0 Å². The first-order valence-corrected chi connectivity index (χ1v) is 15.2. The zero-order chi connectivity index (χ0) is 37.2. The van der Waals surface area contributed by atoms with Gasteiger partial charge in [-0.15, -0.1) is 0 Å². The quantitative estimate of drug-likeness (QED) is 0.214. The van der Waals surface area contributed by atoms with Crippen LogP contribution in [-0.4, -0.2) is 92.3 Å². The largest absolute Gasteiger partial charge is 0.465 e. The number of carbonyl (C=O) groups excluding carboxylic acids is 6. The number of rotatable bonds is 14. The van der Waals surface area contributed by atoms with Crippen molar-refractivity contribution in [2.24, 2.45) is 0 Å². The van der Waals surface area contributed by atoms with Crippen molar-refractivity contribution in [2.45, 2.75) is 70.0 Å². The molecule has 14 nitrogen and oxygen atoms in total. The van der Waals surface area contributed by atoms with Gasteiger partial charge in [0.2, 0.25) is 0 Å². The second-order valence-electron chi connectivity index (χ2n) is 10.8. The molecule has 1 saturated heterocycles. The van der Waals surface area contributed by atoms with E-state index in [0.29, 0.717) is 5.02 Å². The van der Waals surface area contributed by atoms with Crippen molar-refractivity contribution in [2.75, 3.05) is 20.3 Å². The maximum atomic E-state index is 14.6. The molecule has 1 heterocycles. The van der Waals surface area contributed by atoms with Crippen LogP contribution in [0.2, 0.25) is 5.02 Å². The topological polar surface area (TPSA) is 182 Å². The number of alkyl halides is 1. The molecule has 0 aromatic heterocycles. The summed E-state index contributed by atoms with van der Waals surface area (Å²) >= 11 is 5.89. The maximum Gasteiger partial charge on any atom is 0.366 e. The van der Waals surface area contributed by atoms with Gasteiger partial charge >= 0.3 is 23.9 Å². The minimum Gasteiger partial charge on any atom is -0.465 e. The van der Waals surface area contributed by atoms with Gasteiger partial charge in [-0.3, -0.25) is 24.0 Å². The highest BCUT2D eigenvalue weighted by atomic mass is 35.5. The van der Waals surface area contributed by atoms with E-state index in [2.05, 4.69) is 10.6 Å². The van der Waals surface area contributed by atoms with Crippen molar-refractivity contribution in [3.8, 4) is 0 Å². The molecule has 1 aliphatic rings. The van der Waals surface area contributed by atoms with Gasteiger partial charge in [-0.2, -0.15) is 0 Å². The lowest BCUT2D eigenvalue weighted by Gasteiger charge is -2.48. The SMILES string of the molecule is COC(=O)[C@@]1(OCc2cccc(F)c2F)C[C@H](OC(C)=O)[C@@H](NC(=O)CF)[C@H]([C@H](OC(C)=O)[C@@H](CNC(=O)c2ccc(Cl)cc2)OC(C)=O)O1. The molecule has 0 bridgehead atoms. The Hall–Kier alpha value is -4.74. The van der Waals surface area contributed by atoms with Gasteiger partial charge in [0.1, 0.15) is 12.2 Å². The van der Waals surface area contributed by atoms with Crippen LogP contribution in [0.15, 0.2) is 42.5 Å². The van der Waals surface area contributed by atoms with Crippen LogP contribution >= 0.6 is 11.6 Å². The molecule has 50 heavy (non-hydrogen) atoms. The zero-order valence-electron chi connectivity index (χ0n) is 27.2. The predicted molar refractivity (Wildman–Crippen MR) is 164 cm³/mol. The van der Waals surface area contributed by atoms with Gasteiger partial charge in [0.25, 0.3) is 17.6 Å². The second kappa shape index (κ2) is 17.8. The Balaban J connectivity index is 2.17. The monoisotopic (exact) mass is 730 g/mol. The molecule has 0 unspecified atom stereocenters. The molecule has 2 aromatic carbocycles. The van der Waals surface area contributed by atoms with Crippen LogP contribution < -0.4 is 10.6 Å². The van der Waals surface area contributed by atoms with E-state index in [0.717, 1.165) is 46.1 Å². The third kappa shape index (κ3) is 10.4.